The molecule has 0 radical (unpaired) electrons. The summed E-state index contributed by atoms with van der Waals surface area (Å²) in [6, 6.07) is 1.93. The first kappa shape index (κ1) is 8.47. The fourth-order valence-electron chi connectivity index (χ4n) is 0.826. The summed E-state index contributed by atoms with van der Waals surface area (Å²) in [6.07, 6.45) is 0.303. The molecule has 0 fully saturated rings. The zero-order chi connectivity index (χ0) is 9.14. The topological polar surface area (TPSA) is 85.7 Å². The summed E-state index contributed by atoms with van der Waals surface area (Å²) in [7, 11) is 0. The molecule has 1 rings (SSSR count). The Morgan fingerprint density at radius 3 is 2.83 bits per heavy atom. The Labute approximate surface area is 74.9 Å². The lowest BCUT2D eigenvalue weighted by Gasteiger charge is -2.16. The van der Waals surface area contributed by atoms with Crippen molar-refractivity contribution in [1.29, 1.82) is 10.7 Å². The fraction of sp³-hybridized carbons (Fsp3) is 0.143. The monoisotopic (exact) mass is 178 g/mol. The largest absolute Gasteiger partial charge is 0.384 e. The maximum Gasteiger partial charge on any atom is 0.117 e. The number of nitrogens with one attached hydrogen (secondary N) is 2. The molecule has 1 aliphatic heterocycles. The quantitative estimate of drug-likeness (QED) is 0.280. The molecule has 0 saturated carbocycles. The second kappa shape index (κ2) is 3.18. The maximum absolute atomic E-state index is 8.59. The number of nitrogens with two attached hydrogens (primary N) is 1. The summed E-state index contributed by atoms with van der Waals surface area (Å²) in [4.78, 5) is 0.376. The molecule has 1 aliphatic rings. The molecule has 0 aromatic rings. The molecule has 0 bridgehead atoms. The minimum atomic E-state index is 0.279. The highest BCUT2D eigenvalue weighted by Gasteiger charge is 2.17. The van der Waals surface area contributed by atoms with E-state index in [1.807, 2.05) is 6.07 Å². The molecule has 5 heteroatoms. The Balaban J connectivity index is 3.10. The standard InChI is InChI=1S/C7H6N4S/c8-2-4-1-5(3-9)7(12)11-6(4)10/h9H,1,10H2,(H,11,12). The van der Waals surface area contributed by atoms with Gasteiger partial charge in [-0.15, -0.1) is 0 Å². The van der Waals surface area contributed by atoms with Gasteiger partial charge in [0.15, 0.2) is 0 Å². The van der Waals surface area contributed by atoms with Crippen molar-refractivity contribution in [2.75, 3.05) is 0 Å². The smallest absolute Gasteiger partial charge is 0.117 e. The average Bonchev–Trinajstić information content (AvgIpc) is 2.05. The Morgan fingerprint density at radius 1 is 1.67 bits per heavy atom. The molecule has 12 heavy (non-hydrogen) atoms. The molecule has 0 amide bonds. The summed E-state index contributed by atoms with van der Waals surface area (Å²) < 4.78 is 0. The molecule has 0 aliphatic carbocycles. The number of nitrogens with zero attached hydrogens (tertiary/aromatic N) is 1. The predicted molar refractivity (Wildman–Crippen MR) is 48.4 cm³/mol. The lowest BCUT2D eigenvalue weighted by Crippen LogP contribution is -2.33. The Morgan fingerprint density at radius 2 is 2.33 bits per heavy atom. The first-order valence-electron chi connectivity index (χ1n) is 3.17. The highest BCUT2D eigenvalue weighted by atomic mass is 32.1. The fourth-order valence-corrected chi connectivity index (χ4v) is 1.06. The molecule has 60 valence electrons. The highest BCUT2D eigenvalue weighted by molar-refractivity contribution is 7.80. The normalized spacial score (nSPS) is 16.6. The van der Waals surface area contributed by atoms with Gasteiger partial charge >= 0.3 is 0 Å². The van der Waals surface area contributed by atoms with Gasteiger partial charge in [-0.05, 0) is 5.87 Å². The predicted octanol–water partition coefficient (Wildman–Crippen LogP) is 0.176. The van der Waals surface area contributed by atoms with Crippen molar-refractivity contribution in [1.82, 2.24) is 5.32 Å². The molecule has 0 unspecified atom stereocenters. The molecule has 4 N–H and O–H groups in total. The van der Waals surface area contributed by atoms with Crippen LogP contribution >= 0.6 is 12.2 Å². The van der Waals surface area contributed by atoms with Gasteiger partial charge in [0.05, 0.1) is 17.2 Å². The maximum atomic E-state index is 8.59. The van der Waals surface area contributed by atoms with Gasteiger partial charge < -0.3 is 11.1 Å². The third-order valence-corrected chi connectivity index (χ3v) is 1.84. The van der Waals surface area contributed by atoms with E-state index in [-0.39, 0.29) is 5.82 Å². The number of allylic oxidation sites excluding steroid dienone is 1. The van der Waals surface area contributed by atoms with E-state index < -0.39 is 0 Å². The van der Waals surface area contributed by atoms with Crippen molar-refractivity contribution in [3.05, 3.63) is 17.0 Å². The van der Waals surface area contributed by atoms with Crippen molar-refractivity contribution in [3.63, 3.8) is 0 Å². The molecular formula is C7H6N4S. The van der Waals surface area contributed by atoms with Crippen LogP contribution < -0.4 is 11.1 Å². The molecule has 0 atom stereocenters. The zero-order valence-electron chi connectivity index (χ0n) is 6.14. The van der Waals surface area contributed by atoms with Crippen molar-refractivity contribution in [3.8, 4) is 6.07 Å². The summed E-state index contributed by atoms with van der Waals surface area (Å²) >= 11 is 4.85. The van der Waals surface area contributed by atoms with Crippen molar-refractivity contribution >= 4 is 23.1 Å². The number of nitriles is 1. The Bertz CT molecular complexity index is 354. The van der Waals surface area contributed by atoms with Crippen LogP contribution in [-0.2, 0) is 0 Å². The molecule has 0 aromatic carbocycles. The summed E-state index contributed by atoms with van der Waals surface area (Å²) in [5.74, 6) is 2.44. The minimum Gasteiger partial charge on any atom is -0.384 e. The van der Waals surface area contributed by atoms with Crippen molar-refractivity contribution in [2.24, 2.45) is 5.73 Å². The Hall–Kier alpha value is -1.63. The summed E-state index contributed by atoms with van der Waals surface area (Å²) in [6.45, 7) is 0. The third kappa shape index (κ3) is 1.35. The number of rotatable bonds is 0. The van der Waals surface area contributed by atoms with Crippen LogP contribution in [0.3, 0.4) is 0 Å². The second-order valence-electron chi connectivity index (χ2n) is 2.24. The molecule has 4 nitrogen and oxygen atoms in total. The van der Waals surface area contributed by atoms with Crippen LogP contribution in [0, 0.1) is 16.7 Å². The van der Waals surface area contributed by atoms with E-state index >= 15 is 0 Å². The van der Waals surface area contributed by atoms with E-state index in [2.05, 4.69) is 11.2 Å². The van der Waals surface area contributed by atoms with E-state index in [0.717, 1.165) is 0 Å². The Kier molecular flexibility index (Phi) is 2.24. The van der Waals surface area contributed by atoms with Gasteiger partial charge in [-0.3, -0.25) is 5.41 Å². The number of hydrogen-bond donors (Lipinski definition) is 3. The molecule has 0 aromatic heterocycles. The molecular weight excluding hydrogens is 172 g/mol. The van der Waals surface area contributed by atoms with E-state index in [4.69, 9.17) is 28.6 Å². The summed E-state index contributed by atoms with van der Waals surface area (Å²) in [5.41, 5.74) is 6.35. The number of hydrogen-bond acceptors (Lipinski definition) is 4. The van der Waals surface area contributed by atoms with Crippen LogP contribution in [0.5, 0.6) is 0 Å². The van der Waals surface area contributed by atoms with Gasteiger partial charge in [-0.2, -0.15) is 5.26 Å². The highest BCUT2D eigenvalue weighted by Crippen LogP contribution is 2.15. The first-order valence-corrected chi connectivity index (χ1v) is 3.58. The molecule has 0 spiro atoms. The van der Waals surface area contributed by atoms with E-state index in [1.54, 1.807) is 0 Å². The summed E-state index contributed by atoms with van der Waals surface area (Å²) in [5, 5.41) is 18.1. The van der Waals surface area contributed by atoms with Crippen molar-refractivity contribution < 1.29 is 0 Å². The lowest BCUT2D eigenvalue weighted by atomic mass is 10.0. The minimum absolute atomic E-state index is 0.279. The van der Waals surface area contributed by atoms with Crippen LogP contribution in [0.4, 0.5) is 0 Å². The van der Waals surface area contributed by atoms with Gasteiger partial charge in [-0.25, -0.2) is 0 Å². The zero-order valence-corrected chi connectivity index (χ0v) is 6.96. The molecule has 1 heterocycles. The second-order valence-corrected chi connectivity index (χ2v) is 2.65. The van der Waals surface area contributed by atoms with Crippen LogP contribution in [-0.4, -0.2) is 10.9 Å². The van der Waals surface area contributed by atoms with E-state index in [0.29, 0.717) is 22.6 Å². The third-order valence-electron chi connectivity index (χ3n) is 1.49. The average molecular weight is 178 g/mol. The lowest BCUT2D eigenvalue weighted by molar-refractivity contribution is 0.990. The first-order chi connectivity index (χ1) is 5.69. The van der Waals surface area contributed by atoms with Gasteiger partial charge in [0.25, 0.3) is 0 Å². The van der Waals surface area contributed by atoms with Crippen LogP contribution in [0.1, 0.15) is 6.42 Å². The van der Waals surface area contributed by atoms with E-state index in [9.17, 15) is 0 Å². The van der Waals surface area contributed by atoms with Crippen molar-refractivity contribution in [2.45, 2.75) is 6.42 Å². The SMILES string of the molecule is N#CC1=C(N)NC(=S)C(=C=N)C1. The van der Waals surface area contributed by atoms with E-state index in [1.165, 1.54) is 0 Å². The van der Waals surface area contributed by atoms with Crippen LogP contribution in [0.2, 0.25) is 0 Å². The van der Waals surface area contributed by atoms with Crippen LogP contribution in [0.25, 0.3) is 0 Å². The van der Waals surface area contributed by atoms with Gasteiger partial charge in [0.1, 0.15) is 10.8 Å². The van der Waals surface area contributed by atoms with Gasteiger partial charge in [0.2, 0.25) is 0 Å². The van der Waals surface area contributed by atoms with Gasteiger partial charge in [0, 0.05) is 6.42 Å². The van der Waals surface area contributed by atoms with Crippen LogP contribution in [0.15, 0.2) is 17.0 Å². The number of thiocarbonyl (C=S) groups is 1. The molecule has 0 saturated heterocycles. The van der Waals surface area contributed by atoms with Gasteiger partial charge in [-0.1, -0.05) is 12.2 Å².